The van der Waals surface area contributed by atoms with Gasteiger partial charge < -0.3 is 20.3 Å². The maximum atomic E-state index is 11.9. The van der Waals surface area contributed by atoms with E-state index in [0.29, 0.717) is 12.5 Å². The van der Waals surface area contributed by atoms with Crippen LogP contribution in [-0.2, 0) is 11.3 Å². The van der Waals surface area contributed by atoms with Crippen LogP contribution in [0, 0.1) is 0 Å². The van der Waals surface area contributed by atoms with E-state index in [1.165, 1.54) is 0 Å². The van der Waals surface area contributed by atoms with Gasteiger partial charge >= 0.3 is 0 Å². The second-order valence-electron chi connectivity index (χ2n) is 6.37. The number of para-hydroxylation sites is 1. The van der Waals surface area contributed by atoms with Crippen LogP contribution in [0.15, 0.2) is 29.3 Å². The van der Waals surface area contributed by atoms with Crippen LogP contribution in [0.5, 0.6) is 5.75 Å². The van der Waals surface area contributed by atoms with Crippen molar-refractivity contribution in [2.24, 2.45) is 4.99 Å². The first-order chi connectivity index (χ1) is 10.8. The number of benzene rings is 1. The Bertz CT molecular complexity index is 550. The smallest absolute Gasteiger partial charge is 0.239 e. The summed E-state index contributed by atoms with van der Waals surface area (Å²) in [4.78, 5) is 18.1. The summed E-state index contributed by atoms with van der Waals surface area (Å²) in [5.41, 5.74) is 0.811. The van der Waals surface area contributed by atoms with E-state index in [4.69, 9.17) is 4.74 Å². The molecule has 2 N–H and O–H groups in total. The van der Waals surface area contributed by atoms with Gasteiger partial charge in [0.2, 0.25) is 5.91 Å². The summed E-state index contributed by atoms with van der Waals surface area (Å²) in [6, 6.07) is 7.84. The second kappa shape index (κ2) is 8.41. The van der Waals surface area contributed by atoms with Crippen molar-refractivity contribution < 1.29 is 9.53 Å². The Morgan fingerprint density at radius 3 is 2.52 bits per heavy atom. The number of ether oxygens (including phenoxy) is 1. The highest BCUT2D eigenvalue weighted by Crippen LogP contribution is 2.18. The molecule has 0 unspecified atom stereocenters. The summed E-state index contributed by atoms with van der Waals surface area (Å²) in [6.07, 6.45) is 0. The van der Waals surface area contributed by atoms with Gasteiger partial charge in [0, 0.05) is 31.7 Å². The van der Waals surface area contributed by atoms with Gasteiger partial charge in [-0.3, -0.25) is 9.79 Å². The van der Waals surface area contributed by atoms with Crippen molar-refractivity contribution in [1.82, 2.24) is 15.5 Å². The van der Waals surface area contributed by atoms with E-state index in [9.17, 15) is 4.79 Å². The number of amides is 1. The van der Waals surface area contributed by atoms with Gasteiger partial charge in [0.1, 0.15) is 5.75 Å². The molecule has 0 radical (unpaired) electrons. The third-order valence-electron chi connectivity index (χ3n) is 3.09. The van der Waals surface area contributed by atoms with Crippen molar-refractivity contribution in [2.75, 3.05) is 27.7 Å². The zero-order chi connectivity index (χ0) is 17.5. The molecule has 128 valence electrons. The number of rotatable bonds is 5. The molecule has 1 rings (SSSR count). The minimum absolute atomic E-state index is 0.0654. The molecule has 1 amide bonds. The number of nitrogens with one attached hydrogen (secondary N) is 2. The lowest BCUT2D eigenvalue weighted by Crippen LogP contribution is -2.48. The number of guanidine groups is 1. The number of nitrogens with zero attached hydrogens (tertiary/aromatic N) is 2. The van der Waals surface area contributed by atoms with Crippen LogP contribution in [0.2, 0.25) is 0 Å². The van der Waals surface area contributed by atoms with Gasteiger partial charge in [-0.15, -0.1) is 0 Å². The summed E-state index contributed by atoms with van der Waals surface area (Å²) in [5, 5.41) is 5.98. The molecule has 0 fully saturated rings. The Balaban J connectivity index is 2.62. The second-order valence-corrected chi connectivity index (χ2v) is 6.37. The maximum absolute atomic E-state index is 11.9. The van der Waals surface area contributed by atoms with Gasteiger partial charge in [-0.25, -0.2) is 0 Å². The lowest BCUT2D eigenvalue weighted by molar-refractivity contribution is -0.121. The fourth-order valence-electron chi connectivity index (χ4n) is 2.17. The molecular formula is C17H28N4O2. The molecule has 0 aliphatic rings. The Kier molecular flexibility index (Phi) is 6.88. The average Bonchev–Trinajstić information content (AvgIpc) is 2.46. The molecule has 1 aromatic rings. The summed E-state index contributed by atoms with van der Waals surface area (Å²) >= 11 is 0. The monoisotopic (exact) mass is 320 g/mol. The molecule has 1 aromatic carbocycles. The third-order valence-corrected chi connectivity index (χ3v) is 3.09. The number of hydrogen-bond donors (Lipinski definition) is 2. The number of hydrogen-bond acceptors (Lipinski definition) is 3. The van der Waals surface area contributed by atoms with Crippen LogP contribution >= 0.6 is 0 Å². The predicted molar refractivity (Wildman–Crippen MR) is 93.7 cm³/mol. The minimum atomic E-state index is -0.244. The number of aliphatic imine (C=N–C) groups is 1. The lowest BCUT2D eigenvalue weighted by atomic mass is 10.1. The molecule has 0 spiro atoms. The minimum Gasteiger partial charge on any atom is -0.496 e. The number of carbonyl (C=O) groups excluding carboxylic acids is 1. The molecule has 23 heavy (non-hydrogen) atoms. The molecule has 0 saturated heterocycles. The molecule has 0 saturated carbocycles. The van der Waals surface area contributed by atoms with Gasteiger partial charge in [0.15, 0.2) is 5.96 Å². The fraction of sp³-hybridized carbons (Fsp3) is 0.529. The molecule has 0 heterocycles. The Morgan fingerprint density at radius 2 is 1.96 bits per heavy atom. The van der Waals surface area contributed by atoms with Crippen molar-refractivity contribution in [3.63, 3.8) is 0 Å². The average molecular weight is 320 g/mol. The molecule has 0 bridgehead atoms. The van der Waals surface area contributed by atoms with Gasteiger partial charge in [0.25, 0.3) is 0 Å². The molecule has 0 aliphatic heterocycles. The quantitative estimate of drug-likeness (QED) is 0.639. The molecule has 0 aliphatic carbocycles. The standard InChI is InChI=1S/C17H28N4O2/c1-17(2,3)20-15(22)11-19-16(18-4)21(5)12-13-9-7-8-10-14(13)23-6/h7-10H,11-12H2,1-6H3,(H,18,19)(H,20,22). The SMILES string of the molecule is CN=C(NCC(=O)NC(C)(C)C)N(C)Cc1ccccc1OC. The van der Waals surface area contributed by atoms with Crippen LogP contribution in [-0.4, -0.2) is 50.1 Å². The topological polar surface area (TPSA) is 66.0 Å². The van der Waals surface area contributed by atoms with Gasteiger partial charge in [-0.05, 0) is 26.8 Å². The predicted octanol–water partition coefficient (Wildman–Crippen LogP) is 1.62. The molecule has 0 aromatic heterocycles. The highest BCUT2D eigenvalue weighted by atomic mass is 16.5. The summed E-state index contributed by atoms with van der Waals surface area (Å²) < 4.78 is 5.36. The molecule has 6 heteroatoms. The number of carbonyl (C=O) groups is 1. The van der Waals surface area contributed by atoms with Crippen LogP contribution in [0.25, 0.3) is 0 Å². The summed E-state index contributed by atoms with van der Waals surface area (Å²) in [6.45, 7) is 6.67. The third kappa shape index (κ3) is 6.59. The first kappa shape index (κ1) is 18.8. The molecular weight excluding hydrogens is 292 g/mol. The Hall–Kier alpha value is -2.24. The van der Waals surface area contributed by atoms with Crippen molar-refractivity contribution in [3.8, 4) is 5.75 Å². The molecule has 6 nitrogen and oxygen atoms in total. The first-order valence-corrected chi connectivity index (χ1v) is 7.61. The van der Waals surface area contributed by atoms with E-state index in [1.54, 1.807) is 14.2 Å². The maximum Gasteiger partial charge on any atom is 0.239 e. The Labute approximate surface area is 138 Å². The van der Waals surface area contributed by atoms with Crippen molar-refractivity contribution in [2.45, 2.75) is 32.9 Å². The lowest BCUT2D eigenvalue weighted by Gasteiger charge is -2.24. The van der Waals surface area contributed by atoms with Crippen molar-refractivity contribution in [3.05, 3.63) is 29.8 Å². The summed E-state index contributed by atoms with van der Waals surface area (Å²) in [7, 11) is 5.27. The normalized spacial score (nSPS) is 11.8. The van der Waals surface area contributed by atoms with Crippen LogP contribution in [0.1, 0.15) is 26.3 Å². The van der Waals surface area contributed by atoms with E-state index < -0.39 is 0 Å². The highest BCUT2D eigenvalue weighted by molar-refractivity contribution is 5.86. The Morgan fingerprint density at radius 1 is 1.30 bits per heavy atom. The van der Waals surface area contributed by atoms with Crippen LogP contribution < -0.4 is 15.4 Å². The van der Waals surface area contributed by atoms with Crippen LogP contribution in [0.3, 0.4) is 0 Å². The zero-order valence-corrected chi connectivity index (χ0v) is 14.9. The largest absolute Gasteiger partial charge is 0.496 e. The van der Waals surface area contributed by atoms with E-state index in [-0.39, 0.29) is 18.0 Å². The van der Waals surface area contributed by atoms with Crippen molar-refractivity contribution in [1.29, 1.82) is 0 Å². The van der Waals surface area contributed by atoms with Crippen LogP contribution in [0.4, 0.5) is 0 Å². The van der Waals surface area contributed by atoms with E-state index in [0.717, 1.165) is 11.3 Å². The molecule has 0 atom stereocenters. The van der Waals surface area contributed by atoms with E-state index in [2.05, 4.69) is 15.6 Å². The zero-order valence-electron chi connectivity index (χ0n) is 14.9. The fourth-order valence-corrected chi connectivity index (χ4v) is 2.17. The van der Waals surface area contributed by atoms with E-state index >= 15 is 0 Å². The van der Waals surface area contributed by atoms with Crippen molar-refractivity contribution >= 4 is 11.9 Å². The number of methoxy groups -OCH3 is 1. The summed E-state index contributed by atoms with van der Waals surface area (Å²) in [5.74, 6) is 1.42. The van der Waals surface area contributed by atoms with Gasteiger partial charge in [0.05, 0.1) is 13.7 Å². The highest BCUT2D eigenvalue weighted by Gasteiger charge is 2.15. The first-order valence-electron chi connectivity index (χ1n) is 7.61. The van der Waals surface area contributed by atoms with E-state index in [1.807, 2.05) is 57.0 Å². The van der Waals surface area contributed by atoms with Gasteiger partial charge in [-0.1, -0.05) is 18.2 Å². The van der Waals surface area contributed by atoms with Gasteiger partial charge in [-0.2, -0.15) is 0 Å².